The quantitative estimate of drug-likeness (QED) is 0.287. The predicted molar refractivity (Wildman–Crippen MR) is 132 cm³/mol. The highest BCUT2D eigenvalue weighted by Crippen LogP contribution is 2.38. The van der Waals surface area contributed by atoms with Gasteiger partial charge in [-0.1, -0.05) is 20.8 Å². The topological polar surface area (TPSA) is 134 Å². The molecule has 4 aromatic heterocycles. The van der Waals surface area contributed by atoms with E-state index in [1.165, 1.54) is 19.4 Å². The molecular formula is C24H27F3N8O2. The smallest absolute Gasteiger partial charge is 0.418 e. The van der Waals surface area contributed by atoms with Gasteiger partial charge in [0.15, 0.2) is 0 Å². The number of aromatic nitrogens is 6. The number of ether oxygens (including phenoxy) is 1. The van der Waals surface area contributed by atoms with Gasteiger partial charge in [0.05, 0.1) is 29.8 Å². The molecule has 4 rings (SSSR count). The number of nitrogens with zero attached hydrogens (tertiary/aromatic N) is 4. The number of fused-ring (bicyclic) bond motifs is 1. The lowest BCUT2D eigenvalue weighted by atomic mass is 9.96. The summed E-state index contributed by atoms with van der Waals surface area (Å²) in [5.74, 6) is 0.930. The summed E-state index contributed by atoms with van der Waals surface area (Å²) in [6.07, 6.45) is -1.14. The summed E-state index contributed by atoms with van der Waals surface area (Å²) in [6, 6.07) is 2.83. The third-order valence-electron chi connectivity index (χ3n) is 5.55. The first-order valence-electron chi connectivity index (χ1n) is 11.4. The molecule has 10 nitrogen and oxygen atoms in total. The number of carbonyl (C=O) groups is 1. The molecule has 0 saturated carbocycles. The third-order valence-corrected chi connectivity index (χ3v) is 5.55. The minimum atomic E-state index is -4.53. The number of methoxy groups -OCH3 is 1. The lowest BCUT2D eigenvalue weighted by molar-refractivity contribution is -0.136. The first-order chi connectivity index (χ1) is 17.4. The van der Waals surface area contributed by atoms with Crippen LogP contribution in [-0.2, 0) is 16.3 Å². The van der Waals surface area contributed by atoms with Crippen LogP contribution in [0.5, 0.6) is 0 Å². The van der Waals surface area contributed by atoms with Crippen LogP contribution in [0.25, 0.3) is 33.7 Å². The SMILES string of the molecule is COC(=O)N[C@@H](C)CNc1nccc(-c2[nH]c(C(C)(C)C)nc2-c2cnc3[nH]cc(C(F)(F)F)c3c2)n1. The lowest BCUT2D eigenvalue weighted by Crippen LogP contribution is -2.37. The summed E-state index contributed by atoms with van der Waals surface area (Å²) in [4.78, 5) is 35.0. The van der Waals surface area contributed by atoms with Crippen molar-refractivity contribution in [1.29, 1.82) is 0 Å². The number of alkyl carbamates (subject to hydrolysis) is 1. The Hall–Kier alpha value is -4.16. The van der Waals surface area contributed by atoms with E-state index in [1.807, 2.05) is 20.8 Å². The lowest BCUT2D eigenvalue weighted by Gasteiger charge is -2.14. The van der Waals surface area contributed by atoms with Crippen LogP contribution in [0.4, 0.5) is 23.9 Å². The van der Waals surface area contributed by atoms with Crippen molar-refractivity contribution in [3.63, 3.8) is 0 Å². The van der Waals surface area contributed by atoms with Gasteiger partial charge in [-0.3, -0.25) is 0 Å². The number of pyridine rings is 1. The minimum absolute atomic E-state index is 0.0478. The maximum Gasteiger partial charge on any atom is 0.418 e. The number of amides is 1. The summed E-state index contributed by atoms with van der Waals surface area (Å²) < 4.78 is 45.2. The van der Waals surface area contributed by atoms with Crippen molar-refractivity contribution < 1.29 is 22.7 Å². The molecular weight excluding hydrogens is 489 g/mol. The Morgan fingerprint density at radius 1 is 1.19 bits per heavy atom. The molecule has 0 bridgehead atoms. The monoisotopic (exact) mass is 516 g/mol. The van der Waals surface area contributed by atoms with Crippen molar-refractivity contribution in [2.45, 2.75) is 45.3 Å². The van der Waals surface area contributed by atoms with Crippen molar-refractivity contribution >= 4 is 23.1 Å². The number of hydrogen-bond acceptors (Lipinski definition) is 7. The summed E-state index contributed by atoms with van der Waals surface area (Å²) in [5.41, 5.74) is 0.775. The van der Waals surface area contributed by atoms with Gasteiger partial charge in [0.1, 0.15) is 11.5 Å². The van der Waals surface area contributed by atoms with E-state index in [9.17, 15) is 18.0 Å². The molecule has 1 amide bonds. The summed E-state index contributed by atoms with van der Waals surface area (Å²) >= 11 is 0. The molecule has 0 saturated heterocycles. The standard InChI is InChI=1S/C24H27F3N8O2/c1-12(32-22(36)37-5)9-31-21-28-7-6-16(33-21)18-17(34-20(35-18)23(2,3)4)13-8-14-15(24(25,26)27)11-30-19(14)29-10-13/h6-8,10-12H,9H2,1-5H3,(H,29,30)(H,32,36)(H,34,35)(H,28,31,33)/t12-/m0/s1. The highest BCUT2D eigenvalue weighted by atomic mass is 19.4. The Balaban J connectivity index is 1.73. The van der Waals surface area contributed by atoms with E-state index < -0.39 is 17.8 Å². The van der Waals surface area contributed by atoms with Crippen LogP contribution < -0.4 is 10.6 Å². The fourth-order valence-electron chi connectivity index (χ4n) is 3.63. The highest BCUT2D eigenvalue weighted by Gasteiger charge is 2.34. The Morgan fingerprint density at radius 2 is 1.95 bits per heavy atom. The summed E-state index contributed by atoms with van der Waals surface area (Å²) in [5, 5.41) is 5.65. The largest absolute Gasteiger partial charge is 0.453 e. The van der Waals surface area contributed by atoms with E-state index in [1.54, 1.807) is 19.2 Å². The second-order valence-corrected chi connectivity index (χ2v) is 9.56. The Morgan fingerprint density at radius 3 is 2.62 bits per heavy atom. The first kappa shape index (κ1) is 25.9. The van der Waals surface area contributed by atoms with Crippen LogP contribution in [-0.4, -0.2) is 55.7 Å². The van der Waals surface area contributed by atoms with Crippen molar-refractivity contribution in [2.24, 2.45) is 0 Å². The zero-order valence-electron chi connectivity index (χ0n) is 20.9. The van der Waals surface area contributed by atoms with E-state index in [0.29, 0.717) is 41.0 Å². The van der Waals surface area contributed by atoms with Gasteiger partial charge in [0, 0.05) is 47.5 Å². The second-order valence-electron chi connectivity index (χ2n) is 9.56. The number of alkyl halides is 3. The number of carbonyl (C=O) groups excluding carboxylic acids is 1. The average molecular weight is 517 g/mol. The van der Waals surface area contributed by atoms with E-state index in [0.717, 1.165) is 6.20 Å². The molecule has 0 aliphatic carbocycles. The van der Waals surface area contributed by atoms with Crippen LogP contribution in [0, 0.1) is 0 Å². The van der Waals surface area contributed by atoms with Crippen LogP contribution in [0.1, 0.15) is 39.1 Å². The number of aromatic amines is 2. The number of imidazole rings is 1. The van der Waals surface area contributed by atoms with Gasteiger partial charge in [0.2, 0.25) is 5.95 Å². The molecule has 4 heterocycles. The zero-order chi connectivity index (χ0) is 27.0. The molecule has 0 fully saturated rings. The second kappa shape index (κ2) is 9.71. The van der Waals surface area contributed by atoms with E-state index >= 15 is 0 Å². The molecule has 0 radical (unpaired) electrons. The third kappa shape index (κ3) is 5.65. The maximum absolute atomic E-state index is 13.5. The summed E-state index contributed by atoms with van der Waals surface area (Å²) in [6.45, 7) is 8.03. The number of halogens is 3. The Kier molecular flexibility index (Phi) is 6.80. The van der Waals surface area contributed by atoms with Gasteiger partial charge in [-0.05, 0) is 19.1 Å². The fraction of sp³-hybridized carbons (Fsp3) is 0.375. The number of hydrogen-bond donors (Lipinski definition) is 4. The number of rotatable bonds is 6. The van der Waals surface area contributed by atoms with Crippen molar-refractivity contribution in [3.8, 4) is 22.6 Å². The molecule has 4 aromatic rings. The van der Waals surface area contributed by atoms with Crippen molar-refractivity contribution in [2.75, 3.05) is 19.0 Å². The highest BCUT2D eigenvalue weighted by molar-refractivity contribution is 5.87. The predicted octanol–water partition coefficient (Wildman–Crippen LogP) is 4.88. The van der Waals surface area contributed by atoms with Crippen LogP contribution in [0.2, 0.25) is 0 Å². The number of nitrogens with one attached hydrogen (secondary N) is 4. The van der Waals surface area contributed by atoms with E-state index in [2.05, 4.69) is 40.3 Å². The molecule has 13 heteroatoms. The van der Waals surface area contributed by atoms with Gasteiger partial charge in [-0.25, -0.2) is 24.7 Å². The van der Waals surface area contributed by atoms with E-state index in [4.69, 9.17) is 4.98 Å². The molecule has 0 unspecified atom stereocenters. The van der Waals surface area contributed by atoms with Crippen LogP contribution in [0.15, 0.2) is 30.7 Å². The molecule has 1 atom stereocenters. The maximum atomic E-state index is 13.5. The minimum Gasteiger partial charge on any atom is -0.453 e. The van der Waals surface area contributed by atoms with Gasteiger partial charge in [-0.2, -0.15) is 13.2 Å². The molecule has 0 aliphatic rings. The number of H-pyrrole nitrogens is 2. The average Bonchev–Trinajstić information content (AvgIpc) is 3.47. The van der Waals surface area contributed by atoms with Crippen molar-refractivity contribution in [3.05, 3.63) is 42.1 Å². The Bertz CT molecular complexity index is 1420. The molecule has 196 valence electrons. The fourth-order valence-corrected chi connectivity index (χ4v) is 3.63. The van der Waals surface area contributed by atoms with Crippen LogP contribution in [0.3, 0.4) is 0 Å². The first-order valence-corrected chi connectivity index (χ1v) is 11.4. The summed E-state index contributed by atoms with van der Waals surface area (Å²) in [7, 11) is 1.28. The van der Waals surface area contributed by atoms with Gasteiger partial charge in [0.25, 0.3) is 0 Å². The van der Waals surface area contributed by atoms with Crippen LogP contribution >= 0.6 is 0 Å². The van der Waals surface area contributed by atoms with Gasteiger partial charge < -0.3 is 25.3 Å². The molecule has 0 aliphatic heterocycles. The zero-order valence-corrected chi connectivity index (χ0v) is 20.9. The normalized spacial score (nSPS) is 13.0. The molecule has 37 heavy (non-hydrogen) atoms. The Labute approximate surface area is 210 Å². The molecule has 4 N–H and O–H groups in total. The van der Waals surface area contributed by atoms with E-state index in [-0.39, 0.29) is 22.5 Å². The number of anilines is 1. The van der Waals surface area contributed by atoms with Gasteiger partial charge in [-0.15, -0.1) is 0 Å². The molecule has 0 spiro atoms. The van der Waals surface area contributed by atoms with Gasteiger partial charge >= 0.3 is 12.3 Å². The molecule has 0 aromatic carbocycles. The van der Waals surface area contributed by atoms with Crippen molar-refractivity contribution in [1.82, 2.24) is 35.2 Å².